The molecule has 0 aliphatic carbocycles. The predicted octanol–water partition coefficient (Wildman–Crippen LogP) is 2.70. The molecule has 2 aromatic carbocycles. The van der Waals surface area contributed by atoms with E-state index in [1.165, 1.54) is 12.5 Å². The van der Waals surface area contributed by atoms with Crippen LogP contribution in [-0.2, 0) is 22.6 Å². The Bertz CT molecular complexity index is 683. The summed E-state index contributed by atoms with van der Waals surface area (Å²) in [6.07, 6.45) is 0.782. The van der Waals surface area contributed by atoms with E-state index in [1.807, 2.05) is 61.5 Å². The number of hydrogen-bond acceptors (Lipinski definition) is 2. The van der Waals surface area contributed by atoms with Crippen LogP contribution in [0.2, 0.25) is 0 Å². The second kappa shape index (κ2) is 8.87. The van der Waals surface area contributed by atoms with Crippen molar-refractivity contribution >= 4 is 11.8 Å². The van der Waals surface area contributed by atoms with E-state index in [0.717, 1.165) is 17.5 Å². The smallest absolute Gasteiger partial charge is 0.239 e. The average Bonchev–Trinajstić information content (AvgIpc) is 2.55. The van der Waals surface area contributed by atoms with E-state index in [1.54, 1.807) is 4.90 Å². The number of carbonyl (C=O) groups is 2. The molecule has 24 heavy (non-hydrogen) atoms. The molecule has 2 aromatic rings. The van der Waals surface area contributed by atoms with Crippen molar-refractivity contribution in [3.05, 3.63) is 71.3 Å². The first-order valence-corrected chi connectivity index (χ1v) is 8.16. The molecule has 0 radical (unpaired) electrons. The van der Waals surface area contributed by atoms with Gasteiger partial charge in [0, 0.05) is 20.0 Å². The standard InChI is InChI=1S/C20H24N2O2/c1-16-7-6-10-19(13-16)14-22(17(2)23)15-20(24)21-12-11-18-8-4-3-5-9-18/h3-10,13H,11-12,14-15H2,1-2H3,(H,21,24). The number of benzene rings is 2. The molecule has 0 saturated heterocycles. The van der Waals surface area contributed by atoms with Crippen molar-refractivity contribution in [2.24, 2.45) is 0 Å². The van der Waals surface area contributed by atoms with Gasteiger partial charge < -0.3 is 10.2 Å². The maximum atomic E-state index is 12.1. The summed E-state index contributed by atoms with van der Waals surface area (Å²) in [6, 6.07) is 18.0. The Morgan fingerprint density at radius 3 is 2.38 bits per heavy atom. The third-order valence-electron chi connectivity index (χ3n) is 3.81. The van der Waals surface area contributed by atoms with Crippen molar-refractivity contribution in [2.45, 2.75) is 26.8 Å². The van der Waals surface area contributed by atoms with E-state index in [-0.39, 0.29) is 18.4 Å². The second-order valence-electron chi connectivity index (χ2n) is 5.95. The molecule has 0 spiro atoms. The molecule has 4 heteroatoms. The molecule has 0 aliphatic heterocycles. The van der Waals surface area contributed by atoms with Gasteiger partial charge in [-0.15, -0.1) is 0 Å². The number of nitrogens with zero attached hydrogens (tertiary/aromatic N) is 1. The van der Waals surface area contributed by atoms with Crippen LogP contribution in [0, 0.1) is 6.92 Å². The zero-order chi connectivity index (χ0) is 17.4. The zero-order valence-electron chi connectivity index (χ0n) is 14.3. The van der Waals surface area contributed by atoms with Gasteiger partial charge in [0.2, 0.25) is 11.8 Å². The topological polar surface area (TPSA) is 49.4 Å². The number of amides is 2. The van der Waals surface area contributed by atoms with Crippen molar-refractivity contribution in [1.82, 2.24) is 10.2 Å². The summed E-state index contributed by atoms with van der Waals surface area (Å²) in [4.78, 5) is 25.5. The maximum Gasteiger partial charge on any atom is 0.239 e. The first kappa shape index (κ1) is 17.7. The Morgan fingerprint density at radius 2 is 1.71 bits per heavy atom. The van der Waals surface area contributed by atoms with Crippen LogP contribution in [0.5, 0.6) is 0 Å². The minimum atomic E-state index is -0.131. The molecule has 0 unspecified atom stereocenters. The van der Waals surface area contributed by atoms with Crippen LogP contribution in [0.4, 0.5) is 0 Å². The molecule has 0 heterocycles. The van der Waals surface area contributed by atoms with Gasteiger partial charge in [-0.1, -0.05) is 60.2 Å². The van der Waals surface area contributed by atoms with Crippen molar-refractivity contribution in [2.75, 3.05) is 13.1 Å². The third kappa shape index (κ3) is 5.88. The van der Waals surface area contributed by atoms with Gasteiger partial charge in [0.15, 0.2) is 0 Å². The monoisotopic (exact) mass is 324 g/mol. The fourth-order valence-corrected chi connectivity index (χ4v) is 2.53. The molecule has 1 N–H and O–H groups in total. The van der Waals surface area contributed by atoms with E-state index in [0.29, 0.717) is 13.1 Å². The van der Waals surface area contributed by atoms with Gasteiger partial charge in [-0.05, 0) is 24.5 Å². The predicted molar refractivity (Wildman–Crippen MR) is 95.4 cm³/mol. The normalized spacial score (nSPS) is 10.2. The van der Waals surface area contributed by atoms with E-state index in [2.05, 4.69) is 5.32 Å². The Hall–Kier alpha value is -2.62. The second-order valence-corrected chi connectivity index (χ2v) is 5.95. The average molecular weight is 324 g/mol. The van der Waals surface area contributed by atoms with Crippen molar-refractivity contribution in [3.63, 3.8) is 0 Å². The highest BCUT2D eigenvalue weighted by molar-refractivity contribution is 5.83. The lowest BCUT2D eigenvalue weighted by molar-refractivity contribution is -0.134. The summed E-state index contributed by atoms with van der Waals surface area (Å²) in [5.74, 6) is -0.233. The van der Waals surface area contributed by atoms with Gasteiger partial charge in [0.05, 0.1) is 6.54 Å². The molecule has 0 aromatic heterocycles. The summed E-state index contributed by atoms with van der Waals surface area (Å²) >= 11 is 0. The Balaban J connectivity index is 1.83. The number of nitrogens with one attached hydrogen (secondary N) is 1. The van der Waals surface area contributed by atoms with Gasteiger partial charge in [0.25, 0.3) is 0 Å². The number of carbonyl (C=O) groups excluding carboxylic acids is 2. The molecule has 4 nitrogen and oxygen atoms in total. The first-order valence-electron chi connectivity index (χ1n) is 8.16. The fourth-order valence-electron chi connectivity index (χ4n) is 2.53. The minimum absolute atomic E-state index is 0.0814. The molecule has 126 valence electrons. The van der Waals surface area contributed by atoms with E-state index in [9.17, 15) is 9.59 Å². The SMILES string of the molecule is CC(=O)N(CC(=O)NCCc1ccccc1)Cc1cccc(C)c1. The molecule has 0 aliphatic rings. The van der Waals surface area contributed by atoms with Crippen molar-refractivity contribution in [1.29, 1.82) is 0 Å². The fraction of sp³-hybridized carbons (Fsp3) is 0.300. The van der Waals surface area contributed by atoms with Crippen LogP contribution in [0.25, 0.3) is 0 Å². The summed E-state index contributed by atoms with van der Waals surface area (Å²) < 4.78 is 0. The largest absolute Gasteiger partial charge is 0.354 e. The molecular formula is C20H24N2O2. The Morgan fingerprint density at radius 1 is 1.00 bits per heavy atom. The number of rotatable bonds is 7. The molecule has 0 fully saturated rings. The van der Waals surface area contributed by atoms with Crippen molar-refractivity contribution < 1.29 is 9.59 Å². The van der Waals surface area contributed by atoms with Crippen LogP contribution >= 0.6 is 0 Å². The highest BCUT2D eigenvalue weighted by Crippen LogP contribution is 2.08. The van der Waals surface area contributed by atoms with E-state index in [4.69, 9.17) is 0 Å². The minimum Gasteiger partial charge on any atom is -0.354 e. The number of hydrogen-bond donors (Lipinski definition) is 1. The molecule has 2 amide bonds. The summed E-state index contributed by atoms with van der Waals surface area (Å²) in [7, 11) is 0. The van der Waals surface area contributed by atoms with Gasteiger partial charge in [-0.2, -0.15) is 0 Å². The molecular weight excluding hydrogens is 300 g/mol. The molecule has 2 rings (SSSR count). The van der Waals surface area contributed by atoms with Crippen LogP contribution in [0.1, 0.15) is 23.6 Å². The molecule has 0 atom stereocenters. The van der Waals surface area contributed by atoms with Gasteiger partial charge in [-0.3, -0.25) is 9.59 Å². The van der Waals surface area contributed by atoms with Crippen molar-refractivity contribution in [3.8, 4) is 0 Å². The maximum absolute atomic E-state index is 12.1. The summed E-state index contributed by atoms with van der Waals surface area (Å²) in [5.41, 5.74) is 3.35. The Labute approximate surface area is 143 Å². The highest BCUT2D eigenvalue weighted by Gasteiger charge is 2.14. The summed E-state index contributed by atoms with van der Waals surface area (Å²) in [6.45, 7) is 4.60. The third-order valence-corrected chi connectivity index (χ3v) is 3.81. The van der Waals surface area contributed by atoms with Gasteiger partial charge in [0.1, 0.15) is 0 Å². The number of aryl methyl sites for hydroxylation is 1. The van der Waals surface area contributed by atoms with Crippen LogP contribution in [0.15, 0.2) is 54.6 Å². The van der Waals surface area contributed by atoms with Gasteiger partial charge >= 0.3 is 0 Å². The Kier molecular flexibility index (Phi) is 6.55. The van der Waals surface area contributed by atoms with Crippen LogP contribution < -0.4 is 5.32 Å². The summed E-state index contributed by atoms with van der Waals surface area (Å²) in [5, 5.41) is 2.88. The lowest BCUT2D eigenvalue weighted by atomic mass is 10.1. The quantitative estimate of drug-likeness (QED) is 0.851. The molecule has 0 bridgehead atoms. The van der Waals surface area contributed by atoms with Gasteiger partial charge in [-0.25, -0.2) is 0 Å². The van der Waals surface area contributed by atoms with Crippen LogP contribution in [0.3, 0.4) is 0 Å². The lowest BCUT2D eigenvalue weighted by Crippen LogP contribution is -2.39. The lowest BCUT2D eigenvalue weighted by Gasteiger charge is -2.21. The first-order chi connectivity index (χ1) is 11.5. The van der Waals surface area contributed by atoms with E-state index >= 15 is 0 Å². The highest BCUT2D eigenvalue weighted by atomic mass is 16.2. The van der Waals surface area contributed by atoms with E-state index < -0.39 is 0 Å². The molecule has 0 saturated carbocycles. The zero-order valence-corrected chi connectivity index (χ0v) is 14.3. The van der Waals surface area contributed by atoms with Crippen LogP contribution in [-0.4, -0.2) is 29.8 Å².